The summed E-state index contributed by atoms with van der Waals surface area (Å²) in [6.45, 7) is 5.81. The van der Waals surface area contributed by atoms with Gasteiger partial charge in [-0.25, -0.2) is 0 Å². The van der Waals surface area contributed by atoms with Crippen LogP contribution in [0.15, 0.2) is 30.3 Å². The second-order valence-corrected chi connectivity index (χ2v) is 5.45. The molecule has 0 saturated carbocycles. The second-order valence-electron chi connectivity index (χ2n) is 5.45. The number of rotatable bonds is 4. The average molecular weight is 289 g/mol. The topological polar surface area (TPSA) is 49.8 Å². The SMILES string of the molecule is CCOc1ccc(/C=C/C(=O)N2CCC(O)C(C)C2)cc1. The number of aliphatic hydroxyl groups excluding tert-OH is 1. The Labute approximate surface area is 126 Å². The van der Waals surface area contributed by atoms with E-state index in [1.165, 1.54) is 0 Å². The molecule has 0 radical (unpaired) electrons. The van der Waals surface area contributed by atoms with Crippen LogP contribution in [0.1, 0.15) is 25.8 Å². The molecule has 0 bridgehead atoms. The number of carbonyl (C=O) groups excluding carboxylic acids is 1. The molecule has 4 nitrogen and oxygen atoms in total. The molecule has 21 heavy (non-hydrogen) atoms. The van der Waals surface area contributed by atoms with Gasteiger partial charge in [0.15, 0.2) is 0 Å². The predicted octanol–water partition coefficient (Wildman–Crippen LogP) is 2.33. The summed E-state index contributed by atoms with van der Waals surface area (Å²) in [5.41, 5.74) is 0.969. The monoisotopic (exact) mass is 289 g/mol. The molecule has 0 aromatic heterocycles. The van der Waals surface area contributed by atoms with Crippen LogP contribution in [0.5, 0.6) is 5.75 Å². The number of carbonyl (C=O) groups is 1. The van der Waals surface area contributed by atoms with Gasteiger partial charge in [0.05, 0.1) is 12.7 Å². The van der Waals surface area contributed by atoms with Gasteiger partial charge in [-0.1, -0.05) is 19.1 Å². The fourth-order valence-corrected chi connectivity index (χ4v) is 2.45. The summed E-state index contributed by atoms with van der Waals surface area (Å²) < 4.78 is 5.38. The van der Waals surface area contributed by atoms with E-state index in [2.05, 4.69) is 0 Å². The molecule has 1 heterocycles. The summed E-state index contributed by atoms with van der Waals surface area (Å²) >= 11 is 0. The van der Waals surface area contributed by atoms with E-state index < -0.39 is 0 Å². The van der Waals surface area contributed by atoms with Crippen LogP contribution < -0.4 is 4.74 Å². The zero-order valence-corrected chi connectivity index (χ0v) is 12.7. The molecule has 2 unspecified atom stereocenters. The fraction of sp³-hybridized carbons (Fsp3) is 0.471. The molecule has 1 aromatic rings. The molecule has 1 saturated heterocycles. The highest BCUT2D eigenvalue weighted by atomic mass is 16.5. The summed E-state index contributed by atoms with van der Waals surface area (Å²) in [4.78, 5) is 13.9. The van der Waals surface area contributed by atoms with Crippen molar-refractivity contribution < 1.29 is 14.6 Å². The van der Waals surface area contributed by atoms with Gasteiger partial charge >= 0.3 is 0 Å². The Morgan fingerprint density at radius 1 is 1.43 bits per heavy atom. The molecule has 0 spiro atoms. The van der Waals surface area contributed by atoms with Gasteiger partial charge in [-0.15, -0.1) is 0 Å². The zero-order chi connectivity index (χ0) is 15.2. The van der Waals surface area contributed by atoms with Crippen LogP contribution in [0, 0.1) is 5.92 Å². The summed E-state index contributed by atoms with van der Waals surface area (Å²) in [6.07, 6.45) is 3.78. The average Bonchev–Trinajstić information content (AvgIpc) is 2.49. The molecule has 1 aliphatic rings. The smallest absolute Gasteiger partial charge is 0.246 e. The molecule has 114 valence electrons. The first-order chi connectivity index (χ1) is 10.1. The maximum Gasteiger partial charge on any atom is 0.246 e. The maximum atomic E-state index is 12.1. The van der Waals surface area contributed by atoms with E-state index in [1.807, 2.05) is 44.2 Å². The van der Waals surface area contributed by atoms with Crippen LogP contribution in [0.2, 0.25) is 0 Å². The summed E-state index contributed by atoms with van der Waals surface area (Å²) in [6, 6.07) is 7.65. The highest BCUT2D eigenvalue weighted by Gasteiger charge is 2.25. The first kappa shape index (κ1) is 15.6. The Morgan fingerprint density at radius 2 is 2.14 bits per heavy atom. The van der Waals surface area contributed by atoms with Crippen LogP contribution in [0.4, 0.5) is 0 Å². The van der Waals surface area contributed by atoms with Crippen molar-refractivity contribution in [2.24, 2.45) is 5.92 Å². The van der Waals surface area contributed by atoms with Gasteiger partial charge in [-0.3, -0.25) is 4.79 Å². The standard InChI is InChI=1S/C17H23NO3/c1-3-21-15-7-4-14(5-8-15)6-9-17(20)18-11-10-16(19)13(2)12-18/h4-9,13,16,19H,3,10-12H2,1-2H3/b9-6+. The maximum absolute atomic E-state index is 12.1. The molecule has 1 N–H and O–H groups in total. The summed E-state index contributed by atoms with van der Waals surface area (Å²) in [5, 5.41) is 9.69. The number of ether oxygens (including phenoxy) is 1. The third kappa shape index (κ3) is 4.33. The number of hydrogen-bond donors (Lipinski definition) is 1. The fourth-order valence-electron chi connectivity index (χ4n) is 2.45. The Hall–Kier alpha value is -1.81. The van der Waals surface area contributed by atoms with E-state index in [0.717, 1.165) is 11.3 Å². The lowest BCUT2D eigenvalue weighted by Gasteiger charge is -2.33. The van der Waals surface area contributed by atoms with Crippen molar-refractivity contribution in [3.63, 3.8) is 0 Å². The first-order valence-electron chi connectivity index (χ1n) is 7.48. The lowest BCUT2D eigenvalue weighted by Crippen LogP contribution is -2.44. The van der Waals surface area contributed by atoms with Gasteiger partial charge in [0.2, 0.25) is 5.91 Å². The lowest BCUT2D eigenvalue weighted by atomic mass is 9.97. The number of likely N-dealkylation sites (tertiary alicyclic amines) is 1. The third-order valence-electron chi connectivity index (χ3n) is 3.78. The van der Waals surface area contributed by atoms with Crippen molar-refractivity contribution >= 4 is 12.0 Å². The number of benzene rings is 1. The molecule has 1 amide bonds. The number of nitrogens with zero attached hydrogens (tertiary/aromatic N) is 1. The van der Waals surface area contributed by atoms with Crippen LogP contribution in [-0.2, 0) is 4.79 Å². The van der Waals surface area contributed by atoms with Gasteiger partial charge in [0, 0.05) is 19.2 Å². The Balaban J connectivity index is 1.92. The molecule has 0 aliphatic carbocycles. The minimum absolute atomic E-state index is 0.00244. The van der Waals surface area contributed by atoms with Crippen LogP contribution >= 0.6 is 0 Å². The normalized spacial score (nSPS) is 22.5. The van der Waals surface area contributed by atoms with Gasteiger partial charge < -0.3 is 14.7 Å². The van der Waals surface area contributed by atoms with E-state index in [0.29, 0.717) is 26.1 Å². The third-order valence-corrected chi connectivity index (χ3v) is 3.78. The van der Waals surface area contributed by atoms with E-state index in [4.69, 9.17) is 4.74 Å². The molecule has 2 rings (SSSR count). The first-order valence-corrected chi connectivity index (χ1v) is 7.48. The second kappa shape index (κ2) is 7.27. The minimum atomic E-state index is -0.288. The number of amides is 1. The van der Waals surface area contributed by atoms with Crippen molar-refractivity contribution in [3.05, 3.63) is 35.9 Å². The van der Waals surface area contributed by atoms with E-state index >= 15 is 0 Å². The van der Waals surface area contributed by atoms with Crippen molar-refractivity contribution in [3.8, 4) is 5.75 Å². The van der Waals surface area contributed by atoms with Crippen LogP contribution in [-0.4, -0.2) is 41.7 Å². The van der Waals surface area contributed by atoms with Crippen molar-refractivity contribution in [2.45, 2.75) is 26.4 Å². The Bertz CT molecular complexity index is 495. The van der Waals surface area contributed by atoms with Gasteiger partial charge in [0.25, 0.3) is 0 Å². The molecular weight excluding hydrogens is 266 g/mol. The number of piperidine rings is 1. The summed E-state index contributed by atoms with van der Waals surface area (Å²) in [7, 11) is 0. The molecule has 4 heteroatoms. The van der Waals surface area contributed by atoms with E-state index in [1.54, 1.807) is 11.0 Å². The van der Waals surface area contributed by atoms with Crippen LogP contribution in [0.3, 0.4) is 0 Å². The van der Waals surface area contributed by atoms with Gasteiger partial charge in [-0.05, 0) is 43.0 Å². The molecular formula is C17H23NO3. The molecule has 1 aromatic carbocycles. The largest absolute Gasteiger partial charge is 0.494 e. The van der Waals surface area contributed by atoms with Crippen molar-refractivity contribution in [1.29, 1.82) is 0 Å². The van der Waals surface area contributed by atoms with Crippen LogP contribution in [0.25, 0.3) is 6.08 Å². The predicted molar refractivity (Wildman–Crippen MR) is 83.0 cm³/mol. The molecule has 2 atom stereocenters. The number of aliphatic hydroxyl groups is 1. The van der Waals surface area contributed by atoms with E-state index in [-0.39, 0.29) is 17.9 Å². The number of hydrogen-bond acceptors (Lipinski definition) is 3. The van der Waals surface area contributed by atoms with E-state index in [9.17, 15) is 9.90 Å². The van der Waals surface area contributed by atoms with Crippen molar-refractivity contribution in [2.75, 3.05) is 19.7 Å². The summed E-state index contributed by atoms with van der Waals surface area (Å²) in [5.74, 6) is 0.976. The minimum Gasteiger partial charge on any atom is -0.494 e. The van der Waals surface area contributed by atoms with Gasteiger partial charge in [0.1, 0.15) is 5.75 Å². The Morgan fingerprint density at radius 3 is 2.76 bits per heavy atom. The highest BCUT2D eigenvalue weighted by molar-refractivity contribution is 5.91. The van der Waals surface area contributed by atoms with Gasteiger partial charge in [-0.2, -0.15) is 0 Å². The highest BCUT2D eigenvalue weighted by Crippen LogP contribution is 2.17. The lowest BCUT2D eigenvalue weighted by molar-refractivity contribution is -0.129. The quantitative estimate of drug-likeness (QED) is 0.866. The zero-order valence-electron chi connectivity index (χ0n) is 12.7. The Kier molecular flexibility index (Phi) is 5.39. The molecule has 1 fully saturated rings. The van der Waals surface area contributed by atoms with Crippen molar-refractivity contribution in [1.82, 2.24) is 4.90 Å². The molecule has 1 aliphatic heterocycles.